The first-order valence-electron chi connectivity index (χ1n) is 8.93. The summed E-state index contributed by atoms with van der Waals surface area (Å²) >= 11 is 0. The van der Waals surface area contributed by atoms with Gasteiger partial charge in [0, 0.05) is 18.0 Å². The normalized spacial score (nSPS) is 20.6. The Bertz CT molecular complexity index is 558. The Morgan fingerprint density at radius 3 is 2.60 bits per heavy atom. The van der Waals surface area contributed by atoms with Crippen molar-refractivity contribution in [3.63, 3.8) is 0 Å². The van der Waals surface area contributed by atoms with Crippen LogP contribution in [0.3, 0.4) is 0 Å². The van der Waals surface area contributed by atoms with Crippen molar-refractivity contribution >= 4 is 11.9 Å². The molecule has 0 aliphatic heterocycles. The molecule has 6 heteroatoms. The molecule has 1 aliphatic carbocycles. The van der Waals surface area contributed by atoms with E-state index in [-0.39, 0.29) is 30.5 Å². The van der Waals surface area contributed by atoms with E-state index in [1.54, 1.807) is 0 Å². The second kappa shape index (κ2) is 9.42. The number of amides is 1. The van der Waals surface area contributed by atoms with Crippen LogP contribution in [0.25, 0.3) is 0 Å². The van der Waals surface area contributed by atoms with E-state index in [9.17, 15) is 9.59 Å². The Hall–Kier alpha value is -2.08. The summed E-state index contributed by atoms with van der Waals surface area (Å²) in [6.07, 6.45) is 2.30. The predicted molar refractivity (Wildman–Crippen MR) is 95.6 cm³/mol. The summed E-state index contributed by atoms with van der Waals surface area (Å²) < 4.78 is 5.63. The molecule has 1 aromatic carbocycles. The SMILES string of the molecule is CCN(CC(=O)O)C1CC(NC(=O)C(C)CCOc2ccccc2)C1. The van der Waals surface area contributed by atoms with Crippen LogP contribution < -0.4 is 10.1 Å². The zero-order chi connectivity index (χ0) is 18.2. The van der Waals surface area contributed by atoms with Crippen LogP contribution in [-0.4, -0.2) is 53.7 Å². The molecule has 0 saturated heterocycles. The molecule has 25 heavy (non-hydrogen) atoms. The second-order valence-electron chi connectivity index (χ2n) is 6.64. The number of rotatable bonds is 10. The third kappa shape index (κ3) is 6.05. The topological polar surface area (TPSA) is 78.9 Å². The van der Waals surface area contributed by atoms with E-state index in [0.717, 1.165) is 18.6 Å². The van der Waals surface area contributed by atoms with E-state index < -0.39 is 5.97 Å². The van der Waals surface area contributed by atoms with Gasteiger partial charge in [-0.15, -0.1) is 0 Å². The summed E-state index contributed by atoms with van der Waals surface area (Å²) in [5.74, 6) is -0.0538. The standard InChI is InChI=1S/C19H28N2O4/c1-3-21(13-18(22)23)16-11-15(12-16)20-19(24)14(2)9-10-25-17-7-5-4-6-8-17/h4-8,14-16H,3,9-13H2,1-2H3,(H,20,24)(H,22,23). The van der Waals surface area contributed by atoms with Gasteiger partial charge in [0.05, 0.1) is 13.2 Å². The number of carboxylic acid groups (broad SMARTS) is 1. The maximum atomic E-state index is 12.2. The first-order valence-corrected chi connectivity index (χ1v) is 8.93. The molecule has 0 bridgehead atoms. The van der Waals surface area contributed by atoms with Crippen molar-refractivity contribution in [1.82, 2.24) is 10.2 Å². The molecular weight excluding hydrogens is 320 g/mol. The Labute approximate surface area is 149 Å². The molecule has 0 radical (unpaired) electrons. The van der Waals surface area contributed by atoms with Crippen molar-refractivity contribution in [3.8, 4) is 5.75 Å². The van der Waals surface area contributed by atoms with Crippen LogP contribution in [0.2, 0.25) is 0 Å². The molecule has 1 saturated carbocycles. The Morgan fingerprint density at radius 2 is 2.00 bits per heavy atom. The lowest BCUT2D eigenvalue weighted by molar-refractivity contribution is -0.140. The van der Waals surface area contributed by atoms with Crippen LogP contribution in [0.1, 0.15) is 33.1 Å². The van der Waals surface area contributed by atoms with E-state index in [2.05, 4.69) is 5.32 Å². The van der Waals surface area contributed by atoms with E-state index in [1.807, 2.05) is 49.1 Å². The van der Waals surface area contributed by atoms with Crippen LogP contribution in [0.15, 0.2) is 30.3 Å². The highest BCUT2D eigenvalue weighted by atomic mass is 16.5. The highest BCUT2D eigenvalue weighted by molar-refractivity contribution is 5.78. The van der Waals surface area contributed by atoms with Crippen molar-refractivity contribution in [2.45, 2.75) is 45.2 Å². The molecule has 2 rings (SSSR count). The van der Waals surface area contributed by atoms with Gasteiger partial charge >= 0.3 is 5.97 Å². The molecule has 1 fully saturated rings. The Balaban J connectivity index is 1.64. The summed E-state index contributed by atoms with van der Waals surface area (Å²) in [4.78, 5) is 25.0. The average molecular weight is 348 g/mol. The van der Waals surface area contributed by atoms with Crippen LogP contribution in [-0.2, 0) is 9.59 Å². The van der Waals surface area contributed by atoms with Crippen molar-refractivity contribution in [3.05, 3.63) is 30.3 Å². The fourth-order valence-corrected chi connectivity index (χ4v) is 3.02. The van der Waals surface area contributed by atoms with Crippen LogP contribution in [0.5, 0.6) is 5.75 Å². The van der Waals surface area contributed by atoms with Gasteiger partial charge in [0.25, 0.3) is 0 Å². The van der Waals surface area contributed by atoms with Gasteiger partial charge in [-0.05, 0) is 37.9 Å². The van der Waals surface area contributed by atoms with E-state index in [0.29, 0.717) is 19.6 Å². The molecule has 1 aliphatic rings. The smallest absolute Gasteiger partial charge is 0.317 e. The largest absolute Gasteiger partial charge is 0.494 e. The Kier molecular flexibility index (Phi) is 7.25. The molecular formula is C19H28N2O4. The third-order valence-corrected chi connectivity index (χ3v) is 4.73. The van der Waals surface area contributed by atoms with Crippen molar-refractivity contribution in [2.75, 3.05) is 19.7 Å². The van der Waals surface area contributed by atoms with Gasteiger partial charge in [-0.25, -0.2) is 0 Å². The third-order valence-electron chi connectivity index (χ3n) is 4.73. The summed E-state index contributed by atoms with van der Waals surface area (Å²) in [6, 6.07) is 9.97. The number of benzene rings is 1. The molecule has 1 aromatic rings. The fraction of sp³-hybridized carbons (Fsp3) is 0.579. The zero-order valence-corrected chi connectivity index (χ0v) is 15.0. The number of carboxylic acids is 1. The predicted octanol–water partition coefficient (Wildman–Crippen LogP) is 2.15. The number of ether oxygens (including phenoxy) is 1. The van der Waals surface area contributed by atoms with Crippen molar-refractivity contribution in [2.24, 2.45) is 5.92 Å². The van der Waals surface area contributed by atoms with Crippen molar-refractivity contribution in [1.29, 1.82) is 0 Å². The summed E-state index contributed by atoms with van der Waals surface area (Å²) in [7, 11) is 0. The highest BCUT2D eigenvalue weighted by Crippen LogP contribution is 2.26. The quantitative estimate of drug-likeness (QED) is 0.677. The number of likely N-dealkylation sites (N-methyl/N-ethyl adjacent to an activating group) is 1. The van der Waals surface area contributed by atoms with Gasteiger partial charge in [-0.3, -0.25) is 14.5 Å². The monoisotopic (exact) mass is 348 g/mol. The number of hydrogen-bond donors (Lipinski definition) is 2. The number of nitrogens with one attached hydrogen (secondary N) is 1. The van der Waals surface area contributed by atoms with E-state index >= 15 is 0 Å². The van der Waals surface area contributed by atoms with Crippen LogP contribution >= 0.6 is 0 Å². The molecule has 2 N–H and O–H groups in total. The first kappa shape index (κ1) is 19.2. The molecule has 6 nitrogen and oxygen atoms in total. The molecule has 1 atom stereocenters. The molecule has 1 amide bonds. The average Bonchev–Trinajstić information content (AvgIpc) is 2.56. The van der Waals surface area contributed by atoms with E-state index in [4.69, 9.17) is 9.84 Å². The minimum atomic E-state index is -0.804. The van der Waals surface area contributed by atoms with Crippen LogP contribution in [0.4, 0.5) is 0 Å². The van der Waals surface area contributed by atoms with Crippen LogP contribution in [0, 0.1) is 5.92 Å². The zero-order valence-electron chi connectivity index (χ0n) is 15.0. The summed E-state index contributed by atoms with van der Waals surface area (Å²) in [5, 5.41) is 12.0. The summed E-state index contributed by atoms with van der Waals surface area (Å²) in [6.45, 7) is 5.15. The van der Waals surface area contributed by atoms with Gasteiger partial charge < -0.3 is 15.2 Å². The van der Waals surface area contributed by atoms with E-state index in [1.165, 1.54) is 0 Å². The number of nitrogens with zero attached hydrogens (tertiary/aromatic N) is 1. The molecule has 0 heterocycles. The number of aliphatic carboxylic acids is 1. The molecule has 138 valence electrons. The van der Waals surface area contributed by atoms with Gasteiger partial charge in [0.2, 0.25) is 5.91 Å². The fourth-order valence-electron chi connectivity index (χ4n) is 3.02. The van der Waals surface area contributed by atoms with Gasteiger partial charge in [-0.2, -0.15) is 0 Å². The lowest BCUT2D eigenvalue weighted by Gasteiger charge is -2.42. The number of carbonyl (C=O) groups is 2. The second-order valence-corrected chi connectivity index (χ2v) is 6.64. The number of carbonyl (C=O) groups excluding carboxylic acids is 1. The maximum Gasteiger partial charge on any atom is 0.317 e. The maximum absolute atomic E-state index is 12.2. The summed E-state index contributed by atoms with van der Waals surface area (Å²) in [5.41, 5.74) is 0. The lowest BCUT2D eigenvalue weighted by atomic mass is 9.85. The lowest BCUT2D eigenvalue weighted by Crippen LogP contribution is -2.55. The first-order chi connectivity index (χ1) is 12.0. The van der Waals surface area contributed by atoms with Crippen molar-refractivity contribution < 1.29 is 19.4 Å². The number of para-hydroxylation sites is 1. The minimum absolute atomic E-state index is 0.0430. The molecule has 0 aromatic heterocycles. The van der Waals surface area contributed by atoms with Gasteiger partial charge in [0.1, 0.15) is 5.75 Å². The molecule has 0 spiro atoms. The van der Waals surface area contributed by atoms with Gasteiger partial charge in [0.15, 0.2) is 0 Å². The molecule has 1 unspecified atom stereocenters. The highest BCUT2D eigenvalue weighted by Gasteiger charge is 2.35. The Morgan fingerprint density at radius 1 is 1.32 bits per heavy atom. The van der Waals surface area contributed by atoms with Gasteiger partial charge in [-0.1, -0.05) is 32.0 Å². The minimum Gasteiger partial charge on any atom is -0.494 e. The number of hydrogen-bond acceptors (Lipinski definition) is 4.